The van der Waals surface area contributed by atoms with E-state index in [9.17, 15) is 4.79 Å². The third-order valence-electron chi connectivity index (χ3n) is 5.53. The fraction of sp³-hybridized carbons (Fsp3) is 0.0800. The summed E-state index contributed by atoms with van der Waals surface area (Å²) in [6.45, 7) is 1.58. The zero-order chi connectivity index (χ0) is 20.9. The molecule has 0 unspecified atom stereocenters. The Morgan fingerprint density at radius 1 is 0.700 bits per heavy atom. The predicted octanol–water partition coefficient (Wildman–Crippen LogP) is 0.354. The van der Waals surface area contributed by atoms with Gasteiger partial charge in [0.1, 0.15) is 15.7 Å². The molecule has 0 saturated carbocycles. The quantitative estimate of drug-likeness (QED) is 0.265. The van der Waals surface area contributed by atoms with Crippen molar-refractivity contribution in [2.24, 2.45) is 0 Å². The average molecular weight is 390 g/mol. The van der Waals surface area contributed by atoms with Crippen LogP contribution in [-0.2, 0) is 13.1 Å². The van der Waals surface area contributed by atoms with Gasteiger partial charge < -0.3 is 0 Å². The van der Waals surface area contributed by atoms with Crippen LogP contribution in [0.2, 0.25) is 0 Å². The normalized spacial score (nSPS) is 10.7. The van der Waals surface area contributed by atoms with Crippen molar-refractivity contribution in [2.45, 2.75) is 13.1 Å². The van der Waals surface area contributed by atoms with E-state index in [0.717, 1.165) is 30.5 Å². The lowest BCUT2D eigenvalue weighted by molar-refractivity contribution is -0.688. The first kappa shape index (κ1) is 19.8. The van der Waals surface area contributed by atoms with Crippen LogP contribution in [0.5, 0.6) is 0 Å². The number of aromatic nitrogens is 2. The van der Waals surface area contributed by atoms with Crippen LogP contribution in [0.25, 0.3) is 11.1 Å². The molecule has 0 saturated heterocycles. The first-order valence-electron chi connectivity index (χ1n) is 10.2. The summed E-state index contributed by atoms with van der Waals surface area (Å²) in [4.78, 5) is 11.5. The zero-order valence-electron chi connectivity index (χ0n) is 17.5. The van der Waals surface area contributed by atoms with Gasteiger partial charge in [0.05, 0.1) is 5.56 Å². The van der Waals surface area contributed by atoms with Crippen LogP contribution in [0.3, 0.4) is 0 Å². The molecular weight excluding hydrogens is 366 g/mol. The molecule has 2 aromatic carbocycles. The van der Waals surface area contributed by atoms with Crippen LogP contribution in [0.1, 0.15) is 21.5 Å². The Morgan fingerprint density at radius 2 is 1.27 bits per heavy atom. The Balaban J connectivity index is 1.61. The number of pyridine rings is 2. The largest absolute Gasteiger partial charge is 0.298 e. The van der Waals surface area contributed by atoms with Crippen molar-refractivity contribution in [1.29, 1.82) is 0 Å². The standard InChI is InChI=1S/C25H24B2N2O/c26-24-7-3-1-5-21(24)15-28-11-9-20(10-12-28)23-13-19(18-30)14-29(17-23)16-22-6-2-4-8-25(22)27/h1-14,17-18H,15-16,26-27H2/q+2. The Kier molecular flexibility index (Phi) is 5.89. The van der Waals surface area contributed by atoms with Crippen molar-refractivity contribution in [3.63, 3.8) is 0 Å². The van der Waals surface area contributed by atoms with Gasteiger partial charge in [-0.15, -0.1) is 0 Å². The molecule has 3 nitrogen and oxygen atoms in total. The highest BCUT2D eigenvalue weighted by atomic mass is 16.1. The van der Waals surface area contributed by atoms with Gasteiger partial charge in [-0.2, -0.15) is 4.57 Å². The number of rotatable bonds is 6. The van der Waals surface area contributed by atoms with E-state index in [0.29, 0.717) is 5.56 Å². The summed E-state index contributed by atoms with van der Waals surface area (Å²) in [6.07, 6.45) is 9.13. The van der Waals surface area contributed by atoms with Gasteiger partial charge in [0.15, 0.2) is 44.2 Å². The summed E-state index contributed by atoms with van der Waals surface area (Å²) in [5, 5.41) is 0. The second-order valence-corrected chi connectivity index (χ2v) is 7.76. The number of carbonyl (C=O) groups is 1. The number of hydrogen-bond acceptors (Lipinski definition) is 1. The Bertz CT molecular complexity index is 1190. The van der Waals surface area contributed by atoms with Crippen molar-refractivity contribution in [1.82, 2.24) is 0 Å². The lowest BCUT2D eigenvalue weighted by Crippen LogP contribution is -2.37. The van der Waals surface area contributed by atoms with Gasteiger partial charge in [0.2, 0.25) is 0 Å². The van der Waals surface area contributed by atoms with Crippen molar-refractivity contribution >= 4 is 32.9 Å². The fourth-order valence-electron chi connectivity index (χ4n) is 3.70. The topological polar surface area (TPSA) is 24.8 Å². The molecule has 2 aromatic heterocycles. The van der Waals surface area contributed by atoms with Crippen LogP contribution in [0, 0.1) is 0 Å². The molecule has 0 fully saturated rings. The van der Waals surface area contributed by atoms with Gasteiger partial charge in [-0.3, -0.25) is 4.79 Å². The molecule has 30 heavy (non-hydrogen) atoms. The molecule has 0 amide bonds. The zero-order valence-corrected chi connectivity index (χ0v) is 17.5. The highest BCUT2D eigenvalue weighted by molar-refractivity contribution is 6.33. The predicted molar refractivity (Wildman–Crippen MR) is 125 cm³/mol. The Labute approximate surface area is 179 Å². The van der Waals surface area contributed by atoms with E-state index in [1.54, 1.807) is 0 Å². The first-order chi connectivity index (χ1) is 14.6. The summed E-state index contributed by atoms with van der Waals surface area (Å²) >= 11 is 0. The second kappa shape index (κ2) is 8.91. The smallest absolute Gasteiger partial charge is 0.179 e. The third-order valence-corrected chi connectivity index (χ3v) is 5.53. The van der Waals surface area contributed by atoms with Crippen molar-refractivity contribution in [3.8, 4) is 11.1 Å². The minimum absolute atomic E-state index is 0.678. The summed E-state index contributed by atoms with van der Waals surface area (Å²) in [6, 6.07) is 23.0. The molecule has 0 spiro atoms. The van der Waals surface area contributed by atoms with Crippen LogP contribution >= 0.6 is 0 Å². The van der Waals surface area contributed by atoms with Gasteiger partial charge in [-0.1, -0.05) is 59.5 Å². The minimum Gasteiger partial charge on any atom is -0.298 e. The molecular formula is C25H24B2N2O+2. The summed E-state index contributed by atoms with van der Waals surface area (Å²) in [5.74, 6) is 0. The van der Waals surface area contributed by atoms with Crippen LogP contribution < -0.4 is 20.1 Å². The second-order valence-electron chi connectivity index (χ2n) is 7.76. The molecule has 0 N–H and O–H groups in total. The number of carbonyl (C=O) groups excluding carboxylic acids is 1. The van der Waals surface area contributed by atoms with Gasteiger partial charge in [-0.25, -0.2) is 4.57 Å². The van der Waals surface area contributed by atoms with E-state index in [2.05, 4.69) is 98.0 Å². The highest BCUT2D eigenvalue weighted by Crippen LogP contribution is 2.17. The molecule has 0 aliphatic rings. The van der Waals surface area contributed by atoms with Gasteiger partial charge >= 0.3 is 0 Å². The lowest BCUT2D eigenvalue weighted by Gasteiger charge is -2.06. The average Bonchev–Trinajstić information content (AvgIpc) is 2.77. The molecule has 0 atom stereocenters. The Morgan fingerprint density at radius 3 is 1.83 bits per heavy atom. The van der Waals surface area contributed by atoms with Crippen molar-refractivity contribution in [2.75, 3.05) is 0 Å². The molecule has 2 heterocycles. The molecule has 0 radical (unpaired) electrons. The lowest BCUT2D eigenvalue weighted by atomic mass is 9.90. The third kappa shape index (κ3) is 4.57. The Hall–Kier alpha value is -3.46. The fourth-order valence-corrected chi connectivity index (χ4v) is 3.70. The first-order valence-corrected chi connectivity index (χ1v) is 10.2. The van der Waals surface area contributed by atoms with E-state index < -0.39 is 0 Å². The number of aldehydes is 1. The molecule has 4 aromatic rings. The molecule has 5 heteroatoms. The van der Waals surface area contributed by atoms with Gasteiger partial charge in [0.25, 0.3) is 0 Å². The van der Waals surface area contributed by atoms with E-state index in [4.69, 9.17) is 0 Å². The number of hydrogen-bond donors (Lipinski definition) is 0. The highest BCUT2D eigenvalue weighted by Gasteiger charge is 2.13. The van der Waals surface area contributed by atoms with E-state index in [-0.39, 0.29) is 0 Å². The van der Waals surface area contributed by atoms with Crippen molar-refractivity contribution in [3.05, 3.63) is 108 Å². The van der Waals surface area contributed by atoms with E-state index >= 15 is 0 Å². The molecule has 4 rings (SSSR count). The molecule has 144 valence electrons. The molecule has 0 aliphatic heterocycles. The maximum atomic E-state index is 11.5. The minimum atomic E-state index is 0.678. The van der Waals surface area contributed by atoms with E-state index in [1.807, 2.05) is 18.3 Å². The van der Waals surface area contributed by atoms with E-state index in [1.165, 1.54) is 22.1 Å². The summed E-state index contributed by atoms with van der Waals surface area (Å²) in [5.41, 5.74) is 7.92. The maximum Gasteiger partial charge on any atom is 0.179 e. The SMILES string of the molecule is Bc1ccccc1C[n+]1ccc(-c2cc(C=O)c[n+](Cc3ccccc3B)c2)cc1. The van der Waals surface area contributed by atoms with Crippen LogP contribution in [0.15, 0.2) is 91.5 Å². The number of nitrogens with zero attached hydrogens (tertiary/aromatic N) is 2. The van der Waals surface area contributed by atoms with Gasteiger partial charge in [-0.05, 0) is 11.6 Å². The van der Waals surface area contributed by atoms with Gasteiger partial charge in [0, 0.05) is 28.8 Å². The monoisotopic (exact) mass is 390 g/mol. The maximum absolute atomic E-state index is 11.5. The summed E-state index contributed by atoms with van der Waals surface area (Å²) in [7, 11) is 4.26. The molecule has 0 bridgehead atoms. The van der Waals surface area contributed by atoms with Crippen molar-refractivity contribution < 1.29 is 13.9 Å². The van der Waals surface area contributed by atoms with Crippen LogP contribution in [-0.4, -0.2) is 22.0 Å². The number of benzene rings is 2. The van der Waals surface area contributed by atoms with Crippen LogP contribution in [0.4, 0.5) is 0 Å². The molecule has 0 aliphatic carbocycles. The summed E-state index contributed by atoms with van der Waals surface area (Å²) < 4.78 is 4.27.